The molecule has 2 N–H and O–H groups in total. The largest absolute Gasteiger partial charge is 0.329 e. The van der Waals surface area contributed by atoms with Gasteiger partial charge in [-0.3, -0.25) is 5.43 Å². The number of nitrogens with zero attached hydrogens (tertiary/aromatic N) is 1. The molecular weight excluding hydrogens is 292 g/mol. The molecule has 0 aliphatic rings. The first-order chi connectivity index (χ1) is 10.1. The lowest BCUT2D eigenvalue weighted by Crippen LogP contribution is -2.25. The number of hydrazone groups is 1. The molecule has 0 fully saturated rings. The van der Waals surface area contributed by atoms with Crippen molar-refractivity contribution in [2.45, 2.75) is 6.92 Å². The predicted octanol–water partition coefficient (Wildman–Crippen LogP) is 3.68. The molecule has 0 aliphatic heterocycles. The van der Waals surface area contributed by atoms with Gasteiger partial charge in [-0.15, -0.1) is 0 Å². The average Bonchev–Trinajstić information content (AvgIpc) is 2.47. The summed E-state index contributed by atoms with van der Waals surface area (Å²) in [5, 5.41) is 6.88. The molecular formula is C15H13F2N3S. The minimum absolute atomic E-state index is 0.149. The summed E-state index contributed by atoms with van der Waals surface area (Å²) in [6.45, 7) is 1.72. The molecule has 0 heterocycles. The van der Waals surface area contributed by atoms with Crippen LogP contribution in [0.25, 0.3) is 0 Å². The quantitative estimate of drug-likeness (QED) is 0.516. The van der Waals surface area contributed by atoms with Crippen LogP contribution in [-0.2, 0) is 0 Å². The van der Waals surface area contributed by atoms with Crippen LogP contribution in [0.4, 0.5) is 14.5 Å². The van der Waals surface area contributed by atoms with Crippen LogP contribution >= 0.6 is 12.2 Å². The van der Waals surface area contributed by atoms with Crippen molar-refractivity contribution in [2.24, 2.45) is 5.10 Å². The Morgan fingerprint density at radius 2 is 1.86 bits per heavy atom. The lowest BCUT2D eigenvalue weighted by molar-refractivity contribution is 0.627. The summed E-state index contributed by atoms with van der Waals surface area (Å²) < 4.78 is 26.5. The minimum Gasteiger partial charge on any atom is -0.329 e. The molecule has 0 bridgehead atoms. The summed E-state index contributed by atoms with van der Waals surface area (Å²) in [6.07, 6.45) is 0. The lowest BCUT2D eigenvalue weighted by atomic mass is 10.1. The highest BCUT2D eigenvalue weighted by Crippen LogP contribution is 2.12. The molecule has 0 saturated carbocycles. The molecule has 6 heteroatoms. The Bertz CT molecular complexity index is 686. The maximum atomic E-state index is 13.4. The van der Waals surface area contributed by atoms with Crippen molar-refractivity contribution in [3.8, 4) is 0 Å². The van der Waals surface area contributed by atoms with E-state index in [9.17, 15) is 8.78 Å². The second-order valence-corrected chi connectivity index (χ2v) is 4.66. The number of thiocarbonyl (C=S) groups is 1. The third-order valence-corrected chi connectivity index (χ3v) is 2.88. The highest BCUT2D eigenvalue weighted by molar-refractivity contribution is 7.80. The van der Waals surface area contributed by atoms with Gasteiger partial charge in [0.1, 0.15) is 11.6 Å². The number of rotatable bonds is 3. The Labute approximate surface area is 126 Å². The molecule has 2 rings (SSSR count). The maximum absolute atomic E-state index is 13.4. The Morgan fingerprint density at radius 1 is 1.10 bits per heavy atom. The van der Waals surface area contributed by atoms with Crippen molar-refractivity contribution in [1.82, 2.24) is 5.43 Å². The van der Waals surface area contributed by atoms with Gasteiger partial charge in [-0.2, -0.15) is 5.10 Å². The smallest absolute Gasteiger partial charge is 0.191 e. The first kappa shape index (κ1) is 15.1. The van der Waals surface area contributed by atoms with E-state index in [4.69, 9.17) is 12.2 Å². The fraction of sp³-hybridized carbons (Fsp3) is 0.0667. The van der Waals surface area contributed by atoms with E-state index in [1.807, 2.05) is 0 Å². The summed E-state index contributed by atoms with van der Waals surface area (Å²) >= 11 is 5.02. The standard InChI is InChI=1S/C15H13F2N3S/c1-10(11-5-4-6-12(16)9-11)19-20-15(21)18-14-8-3-2-7-13(14)17/h2-9H,1H3,(H2,18,20,21)/b19-10+. The van der Waals surface area contributed by atoms with E-state index in [-0.39, 0.29) is 16.6 Å². The molecule has 0 radical (unpaired) electrons. The van der Waals surface area contributed by atoms with Crippen LogP contribution in [0.5, 0.6) is 0 Å². The van der Waals surface area contributed by atoms with Crippen molar-refractivity contribution in [3.63, 3.8) is 0 Å². The maximum Gasteiger partial charge on any atom is 0.191 e. The van der Waals surface area contributed by atoms with Crippen LogP contribution in [0.1, 0.15) is 12.5 Å². The van der Waals surface area contributed by atoms with Crippen molar-refractivity contribution in [2.75, 3.05) is 5.32 Å². The zero-order chi connectivity index (χ0) is 15.2. The average molecular weight is 305 g/mol. The van der Waals surface area contributed by atoms with E-state index in [2.05, 4.69) is 15.8 Å². The third kappa shape index (κ3) is 4.32. The number of benzene rings is 2. The van der Waals surface area contributed by atoms with E-state index >= 15 is 0 Å². The zero-order valence-corrected chi connectivity index (χ0v) is 12.0. The molecule has 0 spiro atoms. The third-order valence-electron chi connectivity index (χ3n) is 2.69. The van der Waals surface area contributed by atoms with E-state index < -0.39 is 5.82 Å². The molecule has 108 valence electrons. The van der Waals surface area contributed by atoms with Crippen LogP contribution in [0, 0.1) is 11.6 Å². The van der Waals surface area contributed by atoms with Gasteiger partial charge in [0.15, 0.2) is 5.11 Å². The number of hydrogen-bond donors (Lipinski definition) is 2. The molecule has 0 amide bonds. The van der Waals surface area contributed by atoms with Crippen molar-refractivity contribution in [1.29, 1.82) is 0 Å². The van der Waals surface area contributed by atoms with Crippen molar-refractivity contribution >= 4 is 28.7 Å². The number of halogens is 2. The van der Waals surface area contributed by atoms with Crippen LogP contribution in [0.2, 0.25) is 0 Å². The minimum atomic E-state index is -0.410. The Balaban J connectivity index is 2.00. The molecule has 2 aromatic rings. The fourth-order valence-corrected chi connectivity index (χ4v) is 1.78. The first-order valence-electron chi connectivity index (χ1n) is 6.18. The topological polar surface area (TPSA) is 36.4 Å². The molecule has 3 nitrogen and oxygen atoms in total. The van der Waals surface area contributed by atoms with Crippen molar-refractivity contribution < 1.29 is 8.78 Å². The van der Waals surface area contributed by atoms with Crippen LogP contribution in [-0.4, -0.2) is 10.8 Å². The van der Waals surface area contributed by atoms with Crippen LogP contribution in [0.15, 0.2) is 53.6 Å². The fourth-order valence-electron chi connectivity index (χ4n) is 1.63. The van der Waals surface area contributed by atoms with Crippen LogP contribution < -0.4 is 10.7 Å². The molecule has 0 unspecified atom stereocenters. The summed E-state index contributed by atoms with van der Waals surface area (Å²) in [4.78, 5) is 0. The highest BCUT2D eigenvalue weighted by atomic mass is 32.1. The molecule has 0 aromatic heterocycles. The van der Waals surface area contributed by atoms with Crippen molar-refractivity contribution in [3.05, 3.63) is 65.7 Å². The molecule has 0 saturated heterocycles. The first-order valence-corrected chi connectivity index (χ1v) is 6.59. The number of para-hydroxylation sites is 1. The van der Waals surface area contributed by atoms with E-state index in [0.29, 0.717) is 11.3 Å². The number of hydrogen-bond acceptors (Lipinski definition) is 2. The monoisotopic (exact) mass is 305 g/mol. The van der Waals surface area contributed by atoms with Gasteiger partial charge < -0.3 is 5.32 Å². The predicted molar refractivity (Wildman–Crippen MR) is 84.4 cm³/mol. The Morgan fingerprint density at radius 3 is 2.57 bits per heavy atom. The van der Waals surface area contributed by atoms with Gasteiger partial charge in [0.25, 0.3) is 0 Å². The van der Waals surface area contributed by atoms with Gasteiger partial charge in [-0.05, 0) is 43.4 Å². The van der Waals surface area contributed by atoms with Gasteiger partial charge in [-0.25, -0.2) is 8.78 Å². The molecule has 2 aromatic carbocycles. The van der Waals surface area contributed by atoms with E-state index in [0.717, 1.165) is 0 Å². The summed E-state index contributed by atoms with van der Waals surface area (Å²) in [7, 11) is 0. The second kappa shape index (κ2) is 6.90. The Kier molecular flexibility index (Phi) is 4.94. The van der Waals surface area contributed by atoms with Gasteiger partial charge in [0, 0.05) is 5.56 Å². The molecule has 21 heavy (non-hydrogen) atoms. The lowest BCUT2D eigenvalue weighted by Gasteiger charge is -2.08. The number of nitrogens with one attached hydrogen (secondary N) is 2. The SMILES string of the molecule is C/C(=N\NC(=S)Nc1ccccc1F)c1cccc(F)c1. The zero-order valence-electron chi connectivity index (χ0n) is 11.2. The van der Waals surface area contributed by atoms with Gasteiger partial charge in [-0.1, -0.05) is 24.3 Å². The van der Waals surface area contributed by atoms with Gasteiger partial charge in [0.2, 0.25) is 0 Å². The van der Waals surface area contributed by atoms with E-state index in [1.54, 1.807) is 37.3 Å². The summed E-state index contributed by atoms with van der Waals surface area (Å²) in [5.41, 5.74) is 4.05. The Hall–Kier alpha value is -2.34. The van der Waals surface area contributed by atoms with E-state index in [1.165, 1.54) is 18.2 Å². The van der Waals surface area contributed by atoms with Gasteiger partial charge in [0.05, 0.1) is 11.4 Å². The summed E-state index contributed by atoms with van der Waals surface area (Å²) in [6, 6.07) is 12.2. The van der Waals surface area contributed by atoms with Crippen LogP contribution in [0.3, 0.4) is 0 Å². The second-order valence-electron chi connectivity index (χ2n) is 4.25. The highest BCUT2D eigenvalue weighted by Gasteiger charge is 2.03. The molecule has 0 atom stereocenters. The summed E-state index contributed by atoms with van der Waals surface area (Å²) in [5.74, 6) is -0.749. The number of anilines is 1. The van der Waals surface area contributed by atoms with Gasteiger partial charge >= 0.3 is 0 Å². The normalized spacial score (nSPS) is 11.1. The molecule has 0 aliphatic carbocycles.